The van der Waals surface area contributed by atoms with Crippen molar-refractivity contribution >= 4 is 44.9 Å². The molecular weight excluding hydrogens is 773 g/mol. The van der Waals surface area contributed by atoms with E-state index in [1.54, 1.807) is 0 Å². The van der Waals surface area contributed by atoms with E-state index >= 15 is 0 Å². The molecule has 1 atom stereocenters. The molecule has 64 heavy (non-hydrogen) atoms. The Morgan fingerprint density at radius 3 is 1.44 bits per heavy atom. The molecule has 2 heteroatoms. The molecule has 3 aliphatic carbocycles. The lowest BCUT2D eigenvalue weighted by Gasteiger charge is -2.38. The van der Waals surface area contributed by atoms with E-state index in [-0.39, 0.29) is 5.41 Å². The molecule has 1 spiro atoms. The third-order valence-electron chi connectivity index (χ3n) is 14.4. The summed E-state index contributed by atoms with van der Waals surface area (Å²) in [4.78, 5) is 5.01. The normalized spacial score (nSPS) is 15.5. The molecular formula is C62H44N2. The maximum absolute atomic E-state index is 2.63. The van der Waals surface area contributed by atoms with Crippen LogP contribution in [0.5, 0.6) is 0 Å². The van der Waals surface area contributed by atoms with E-state index in [0.717, 1.165) is 22.7 Å². The van der Waals surface area contributed by atoms with Gasteiger partial charge >= 0.3 is 0 Å². The fourth-order valence-corrected chi connectivity index (χ4v) is 11.9. The van der Waals surface area contributed by atoms with Crippen molar-refractivity contribution < 1.29 is 0 Å². The fourth-order valence-electron chi connectivity index (χ4n) is 11.9. The number of hydrogen-bond donors (Lipinski definition) is 0. The van der Waals surface area contributed by atoms with E-state index in [9.17, 15) is 0 Å². The number of rotatable bonds is 6. The lowest BCUT2D eigenvalue weighted by molar-refractivity contribution is 0.660. The summed E-state index contributed by atoms with van der Waals surface area (Å²) < 4.78 is 0. The number of para-hydroxylation sites is 3. The Morgan fingerprint density at radius 1 is 0.312 bits per heavy atom. The van der Waals surface area contributed by atoms with Gasteiger partial charge in [0.2, 0.25) is 0 Å². The number of hydrogen-bond acceptors (Lipinski definition) is 2. The van der Waals surface area contributed by atoms with Gasteiger partial charge in [-0.3, -0.25) is 0 Å². The van der Waals surface area contributed by atoms with Crippen LogP contribution in [0.15, 0.2) is 231 Å². The van der Waals surface area contributed by atoms with Gasteiger partial charge < -0.3 is 9.80 Å². The summed E-state index contributed by atoms with van der Waals surface area (Å²) in [7, 11) is 0. The summed E-state index contributed by atoms with van der Waals surface area (Å²) in [5, 5.41) is 2.45. The number of benzene rings is 10. The standard InChI is InChI=1S/C62H44N2/c1-61(2)53-33-17-14-29-47(53)50-32-20-36-57(58(50)61)64(44-26-10-5-11-27-44)60-46-28-13-12-21-41(46)39-52-49-31-16-19-35-55(49)62(59(52)60)54-34-18-15-30-48(54)51-40-45(37-38-56(51)62)63(42-22-6-3-7-23-42)43-24-8-4-9-25-43/h3-40H,1-2H3. The summed E-state index contributed by atoms with van der Waals surface area (Å²) in [6.45, 7) is 4.81. The van der Waals surface area contributed by atoms with Crippen LogP contribution in [-0.2, 0) is 10.8 Å². The molecule has 302 valence electrons. The van der Waals surface area contributed by atoms with Gasteiger partial charge in [-0.2, -0.15) is 0 Å². The molecule has 10 aromatic carbocycles. The lowest BCUT2D eigenvalue weighted by Crippen LogP contribution is -2.29. The summed E-state index contributed by atoms with van der Waals surface area (Å²) in [6.07, 6.45) is 0. The predicted molar refractivity (Wildman–Crippen MR) is 267 cm³/mol. The first-order chi connectivity index (χ1) is 31.5. The lowest BCUT2D eigenvalue weighted by atomic mass is 9.69. The number of fused-ring (bicyclic) bond motifs is 14. The maximum Gasteiger partial charge on any atom is 0.0746 e. The van der Waals surface area contributed by atoms with Crippen LogP contribution >= 0.6 is 0 Å². The van der Waals surface area contributed by atoms with Crippen molar-refractivity contribution in [2.75, 3.05) is 9.80 Å². The highest BCUT2D eigenvalue weighted by atomic mass is 15.2. The Hall–Kier alpha value is -7.94. The minimum atomic E-state index is -0.621. The third kappa shape index (κ3) is 4.97. The zero-order valence-electron chi connectivity index (χ0n) is 35.8. The van der Waals surface area contributed by atoms with Gasteiger partial charge in [-0.25, -0.2) is 0 Å². The monoisotopic (exact) mass is 816 g/mol. The van der Waals surface area contributed by atoms with E-state index in [4.69, 9.17) is 0 Å². The predicted octanol–water partition coefficient (Wildman–Crippen LogP) is 16.4. The quantitative estimate of drug-likeness (QED) is 0.165. The molecule has 13 rings (SSSR count). The molecule has 0 radical (unpaired) electrons. The van der Waals surface area contributed by atoms with Crippen LogP contribution in [0.25, 0.3) is 44.2 Å². The minimum Gasteiger partial charge on any atom is -0.310 e. The van der Waals surface area contributed by atoms with E-state index in [0.29, 0.717) is 0 Å². The second kappa shape index (κ2) is 13.8. The van der Waals surface area contributed by atoms with Crippen molar-refractivity contribution in [3.05, 3.63) is 264 Å². The van der Waals surface area contributed by atoms with Gasteiger partial charge in [0.15, 0.2) is 0 Å². The van der Waals surface area contributed by atoms with Crippen LogP contribution in [0.4, 0.5) is 34.1 Å². The molecule has 2 nitrogen and oxygen atoms in total. The van der Waals surface area contributed by atoms with Crippen molar-refractivity contribution in [3.8, 4) is 33.4 Å². The van der Waals surface area contributed by atoms with Crippen molar-refractivity contribution in [2.45, 2.75) is 24.7 Å². The van der Waals surface area contributed by atoms with Crippen molar-refractivity contribution in [3.63, 3.8) is 0 Å². The van der Waals surface area contributed by atoms with Crippen LogP contribution in [0.2, 0.25) is 0 Å². The summed E-state index contributed by atoms with van der Waals surface area (Å²) in [5.74, 6) is 0. The molecule has 0 bridgehead atoms. The zero-order chi connectivity index (χ0) is 42.6. The molecule has 0 aliphatic heterocycles. The summed E-state index contributed by atoms with van der Waals surface area (Å²) in [5.41, 5.74) is 21.8. The van der Waals surface area contributed by atoms with E-state index in [2.05, 4.69) is 254 Å². The van der Waals surface area contributed by atoms with E-state index in [1.165, 1.54) is 88.9 Å². The van der Waals surface area contributed by atoms with Gasteiger partial charge in [0.25, 0.3) is 0 Å². The van der Waals surface area contributed by atoms with Crippen LogP contribution in [0.3, 0.4) is 0 Å². The number of nitrogens with zero attached hydrogens (tertiary/aromatic N) is 2. The number of anilines is 6. The van der Waals surface area contributed by atoms with Gasteiger partial charge in [-0.15, -0.1) is 0 Å². The average Bonchev–Trinajstić information content (AvgIpc) is 3.91. The second-order valence-corrected chi connectivity index (χ2v) is 18.0. The van der Waals surface area contributed by atoms with Gasteiger partial charge in [0, 0.05) is 39.1 Å². The van der Waals surface area contributed by atoms with Crippen LogP contribution < -0.4 is 9.80 Å². The first-order valence-electron chi connectivity index (χ1n) is 22.4. The first kappa shape index (κ1) is 36.7. The largest absolute Gasteiger partial charge is 0.310 e. The highest BCUT2D eigenvalue weighted by molar-refractivity contribution is 6.11. The van der Waals surface area contributed by atoms with Crippen molar-refractivity contribution in [1.29, 1.82) is 0 Å². The first-order valence-corrected chi connectivity index (χ1v) is 22.4. The molecule has 0 saturated heterocycles. The van der Waals surface area contributed by atoms with Crippen LogP contribution in [-0.4, -0.2) is 0 Å². The third-order valence-corrected chi connectivity index (χ3v) is 14.4. The molecule has 0 amide bonds. The Bertz CT molecular complexity index is 3440. The molecule has 0 heterocycles. The van der Waals surface area contributed by atoms with E-state index < -0.39 is 5.41 Å². The molecule has 3 aliphatic rings. The Labute approximate surface area is 375 Å². The highest BCUT2D eigenvalue weighted by Crippen LogP contribution is 2.67. The zero-order valence-corrected chi connectivity index (χ0v) is 35.8. The molecule has 0 fully saturated rings. The highest BCUT2D eigenvalue weighted by Gasteiger charge is 2.54. The SMILES string of the molecule is CC1(C)c2ccccc2-c2cccc(N(c3ccccc3)c3c4c(cc5ccccc35)-c3ccccc3C43c4ccccc4-c4cc(N(c5ccccc5)c5ccccc5)ccc43)c21. The fraction of sp³-hybridized carbons (Fsp3) is 0.0645. The Balaban J connectivity index is 1.16. The summed E-state index contributed by atoms with van der Waals surface area (Å²) in [6, 6.07) is 85.8. The molecule has 10 aromatic rings. The van der Waals surface area contributed by atoms with E-state index in [1.807, 2.05) is 0 Å². The Morgan fingerprint density at radius 2 is 0.797 bits per heavy atom. The average molecular weight is 817 g/mol. The van der Waals surface area contributed by atoms with Gasteiger partial charge in [-0.1, -0.05) is 184 Å². The van der Waals surface area contributed by atoms with Gasteiger partial charge in [0.05, 0.1) is 16.8 Å². The molecule has 0 aromatic heterocycles. The van der Waals surface area contributed by atoms with Crippen LogP contribution in [0, 0.1) is 0 Å². The smallest absolute Gasteiger partial charge is 0.0746 e. The van der Waals surface area contributed by atoms with Crippen molar-refractivity contribution in [2.24, 2.45) is 0 Å². The maximum atomic E-state index is 2.63. The van der Waals surface area contributed by atoms with Crippen molar-refractivity contribution in [1.82, 2.24) is 0 Å². The van der Waals surface area contributed by atoms with Gasteiger partial charge in [0.1, 0.15) is 0 Å². The van der Waals surface area contributed by atoms with Crippen LogP contribution in [0.1, 0.15) is 47.2 Å². The topological polar surface area (TPSA) is 6.48 Å². The molecule has 1 unspecified atom stereocenters. The Kier molecular flexibility index (Phi) is 7.90. The van der Waals surface area contributed by atoms with Gasteiger partial charge in [-0.05, 0) is 127 Å². The molecule has 0 N–H and O–H groups in total. The minimum absolute atomic E-state index is 0.240. The summed E-state index contributed by atoms with van der Waals surface area (Å²) >= 11 is 0. The second-order valence-electron chi connectivity index (χ2n) is 18.0. The molecule has 0 saturated carbocycles.